The molecule has 0 unspecified atom stereocenters. The Labute approximate surface area is 150 Å². The van der Waals surface area contributed by atoms with E-state index in [1.165, 1.54) is 4.90 Å². The van der Waals surface area contributed by atoms with Crippen LogP contribution in [0.2, 0.25) is 5.02 Å². The van der Waals surface area contributed by atoms with Crippen LogP contribution in [0, 0.1) is 6.92 Å². The number of amides is 2. The summed E-state index contributed by atoms with van der Waals surface area (Å²) in [5.74, 6) is -0.241. The zero-order valence-corrected chi connectivity index (χ0v) is 15.2. The molecule has 6 heteroatoms. The Morgan fingerprint density at radius 3 is 2.58 bits per heavy atom. The summed E-state index contributed by atoms with van der Waals surface area (Å²) in [4.78, 5) is 26.1. The highest BCUT2D eigenvalue weighted by atomic mass is 35.5. The molecule has 4 nitrogen and oxygen atoms in total. The van der Waals surface area contributed by atoms with Gasteiger partial charge in [0.05, 0.1) is 4.91 Å². The van der Waals surface area contributed by atoms with Gasteiger partial charge in [0.2, 0.25) is 0 Å². The van der Waals surface area contributed by atoms with E-state index in [9.17, 15) is 9.59 Å². The average Bonchev–Trinajstić information content (AvgIpc) is 3.07. The molecular weight excluding hydrogens is 344 g/mol. The van der Waals surface area contributed by atoms with Gasteiger partial charge in [0, 0.05) is 28.6 Å². The molecule has 2 amide bonds. The number of hydrogen-bond acceptors (Lipinski definition) is 3. The lowest BCUT2D eigenvalue weighted by Gasteiger charge is -2.16. The van der Waals surface area contributed by atoms with Crippen molar-refractivity contribution in [2.24, 2.45) is 0 Å². The minimum Gasteiger partial charge on any atom is -0.317 e. The third kappa shape index (κ3) is 3.01. The molecule has 2 heterocycles. The van der Waals surface area contributed by atoms with Gasteiger partial charge in [0.25, 0.3) is 11.1 Å². The first-order chi connectivity index (χ1) is 11.4. The fourth-order valence-electron chi connectivity index (χ4n) is 2.54. The van der Waals surface area contributed by atoms with Gasteiger partial charge in [-0.05, 0) is 68.4 Å². The van der Waals surface area contributed by atoms with Crippen LogP contribution < -0.4 is 0 Å². The molecule has 124 valence electrons. The molecule has 1 aromatic carbocycles. The number of carbonyl (C=O) groups is 2. The molecule has 0 N–H and O–H groups in total. The minimum absolute atomic E-state index is 0.147. The number of aromatic nitrogens is 1. The van der Waals surface area contributed by atoms with Gasteiger partial charge < -0.3 is 4.57 Å². The van der Waals surface area contributed by atoms with Gasteiger partial charge in [0.1, 0.15) is 0 Å². The summed E-state index contributed by atoms with van der Waals surface area (Å²) in [5.41, 5.74) is 2.74. The maximum Gasteiger partial charge on any atom is 0.293 e. The second kappa shape index (κ2) is 6.49. The zero-order valence-electron chi connectivity index (χ0n) is 13.6. The Balaban J connectivity index is 1.98. The minimum atomic E-state index is -0.241. The number of nitrogens with zero attached hydrogens (tertiary/aromatic N) is 2. The second-order valence-corrected chi connectivity index (χ2v) is 7.28. The maximum atomic E-state index is 12.4. The van der Waals surface area contributed by atoms with Crippen molar-refractivity contribution in [1.82, 2.24) is 9.47 Å². The number of hydrogen-bond donors (Lipinski definition) is 0. The highest BCUT2D eigenvalue weighted by molar-refractivity contribution is 8.18. The summed E-state index contributed by atoms with van der Waals surface area (Å²) < 4.78 is 1.94. The first-order valence-electron chi connectivity index (χ1n) is 7.59. The summed E-state index contributed by atoms with van der Waals surface area (Å²) >= 11 is 7.19. The molecule has 0 spiro atoms. The number of rotatable bonds is 3. The molecule has 1 aliphatic rings. The Kier molecular flexibility index (Phi) is 4.56. The molecule has 0 radical (unpaired) electrons. The van der Waals surface area contributed by atoms with E-state index in [-0.39, 0.29) is 17.2 Å². The van der Waals surface area contributed by atoms with Crippen LogP contribution in [0.5, 0.6) is 0 Å². The van der Waals surface area contributed by atoms with Gasteiger partial charge in [0.15, 0.2) is 0 Å². The number of imide groups is 1. The van der Waals surface area contributed by atoms with Gasteiger partial charge in [-0.1, -0.05) is 17.7 Å². The van der Waals surface area contributed by atoms with Crippen molar-refractivity contribution in [2.75, 3.05) is 0 Å². The van der Waals surface area contributed by atoms with Crippen molar-refractivity contribution in [3.63, 3.8) is 0 Å². The van der Waals surface area contributed by atoms with E-state index in [0.717, 1.165) is 28.7 Å². The van der Waals surface area contributed by atoms with Crippen molar-refractivity contribution >= 4 is 40.6 Å². The molecule has 0 saturated carbocycles. The van der Waals surface area contributed by atoms with Crippen molar-refractivity contribution in [1.29, 1.82) is 0 Å². The predicted octanol–water partition coefficient (Wildman–Crippen LogP) is 4.88. The molecule has 0 atom stereocenters. The van der Waals surface area contributed by atoms with Gasteiger partial charge in [-0.25, -0.2) is 0 Å². The third-order valence-electron chi connectivity index (χ3n) is 3.83. The zero-order chi connectivity index (χ0) is 17.4. The summed E-state index contributed by atoms with van der Waals surface area (Å²) in [6, 6.07) is 9.45. The van der Waals surface area contributed by atoms with Crippen molar-refractivity contribution in [3.8, 4) is 5.69 Å². The largest absolute Gasteiger partial charge is 0.317 e. The third-order valence-corrected chi connectivity index (χ3v) is 5.12. The van der Waals surface area contributed by atoms with Crippen LogP contribution in [0.1, 0.15) is 25.1 Å². The molecule has 1 aromatic heterocycles. The van der Waals surface area contributed by atoms with Crippen LogP contribution in [0.15, 0.2) is 41.4 Å². The van der Waals surface area contributed by atoms with Crippen molar-refractivity contribution < 1.29 is 9.59 Å². The lowest BCUT2D eigenvalue weighted by Crippen LogP contribution is -2.34. The van der Waals surface area contributed by atoms with Gasteiger partial charge in [-0.2, -0.15) is 0 Å². The lowest BCUT2D eigenvalue weighted by atomic mass is 10.2. The number of benzene rings is 1. The standard InChI is InChI=1S/C18H17ClN2O2S/c1-11(2)21-17(22)16(24-18(21)23)10-13-5-4-8-20(13)14-7-6-12(3)15(19)9-14/h4-11H,1-3H3/b16-10-. The topological polar surface area (TPSA) is 42.3 Å². The first kappa shape index (κ1) is 16.9. The van der Waals surface area contributed by atoms with E-state index in [1.54, 1.807) is 6.08 Å². The molecule has 0 bridgehead atoms. The molecule has 1 fully saturated rings. The van der Waals surface area contributed by atoms with Crippen LogP contribution in [-0.4, -0.2) is 26.7 Å². The van der Waals surface area contributed by atoms with E-state index >= 15 is 0 Å². The Morgan fingerprint density at radius 1 is 1.21 bits per heavy atom. The van der Waals surface area contributed by atoms with Crippen molar-refractivity contribution in [2.45, 2.75) is 26.8 Å². The molecule has 2 aromatic rings. The highest BCUT2D eigenvalue weighted by Gasteiger charge is 2.36. The Hall–Kier alpha value is -1.98. The molecule has 1 aliphatic heterocycles. The lowest BCUT2D eigenvalue weighted by molar-refractivity contribution is -0.123. The van der Waals surface area contributed by atoms with Crippen LogP contribution in [-0.2, 0) is 4.79 Å². The number of thioether (sulfide) groups is 1. The van der Waals surface area contributed by atoms with E-state index in [4.69, 9.17) is 11.6 Å². The first-order valence-corrected chi connectivity index (χ1v) is 8.79. The fourth-order valence-corrected chi connectivity index (χ4v) is 3.66. The van der Waals surface area contributed by atoms with Gasteiger partial charge in [-0.15, -0.1) is 0 Å². The smallest absolute Gasteiger partial charge is 0.293 e. The SMILES string of the molecule is Cc1ccc(-n2cccc2/C=C2\SC(=O)N(C(C)C)C2=O)cc1Cl. The molecule has 1 saturated heterocycles. The monoisotopic (exact) mass is 360 g/mol. The Morgan fingerprint density at radius 2 is 1.96 bits per heavy atom. The number of halogens is 1. The molecular formula is C18H17ClN2O2S. The normalized spacial score (nSPS) is 16.7. The van der Waals surface area contributed by atoms with Crippen molar-refractivity contribution in [3.05, 3.63) is 57.7 Å². The Bertz CT molecular complexity index is 854. The van der Waals surface area contributed by atoms with Crippen LogP contribution in [0.3, 0.4) is 0 Å². The molecule has 0 aliphatic carbocycles. The second-order valence-electron chi connectivity index (χ2n) is 5.88. The highest BCUT2D eigenvalue weighted by Crippen LogP contribution is 2.34. The van der Waals surface area contributed by atoms with E-state index in [2.05, 4.69) is 0 Å². The molecule has 3 rings (SSSR count). The van der Waals surface area contributed by atoms with E-state index in [0.29, 0.717) is 9.93 Å². The van der Waals surface area contributed by atoms with Gasteiger partial charge in [-0.3, -0.25) is 14.5 Å². The number of carbonyl (C=O) groups excluding carboxylic acids is 2. The van der Waals surface area contributed by atoms with Crippen LogP contribution >= 0.6 is 23.4 Å². The van der Waals surface area contributed by atoms with E-state index in [1.807, 2.05) is 61.9 Å². The summed E-state index contributed by atoms with van der Waals surface area (Å²) in [6.07, 6.45) is 3.65. The van der Waals surface area contributed by atoms with Crippen LogP contribution in [0.4, 0.5) is 4.79 Å². The molecule has 24 heavy (non-hydrogen) atoms. The van der Waals surface area contributed by atoms with Crippen LogP contribution in [0.25, 0.3) is 11.8 Å². The van der Waals surface area contributed by atoms with Gasteiger partial charge >= 0.3 is 0 Å². The summed E-state index contributed by atoms with van der Waals surface area (Å²) in [6.45, 7) is 5.61. The maximum absolute atomic E-state index is 12.4. The average molecular weight is 361 g/mol. The fraction of sp³-hybridized carbons (Fsp3) is 0.222. The number of aryl methyl sites for hydroxylation is 1. The summed E-state index contributed by atoms with van der Waals surface area (Å²) in [5, 5.41) is 0.463. The predicted molar refractivity (Wildman–Crippen MR) is 98.5 cm³/mol. The quantitative estimate of drug-likeness (QED) is 0.732. The van der Waals surface area contributed by atoms with E-state index < -0.39 is 0 Å². The summed E-state index contributed by atoms with van der Waals surface area (Å²) in [7, 11) is 0.